The van der Waals surface area contributed by atoms with Crippen molar-refractivity contribution in [2.75, 3.05) is 33.9 Å². The first-order chi connectivity index (χ1) is 28.0. The molecular formula is C48H85NO10. The van der Waals surface area contributed by atoms with Gasteiger partial charge in [-0.3, -0.25) is 9.59 Å². The lowest BCUT2D eigenvalue weighted by Crippen LogP contribution is -2.60. The maximum absolute atomic E-state index is 14.2. The molecule has 3 aliphatic rings. The van der Waals surface area contributed by atoms with E-state index < -0.39 is 30.9 Å². The number of likely N-dealkylation sites (N-methyl/N-ethyl adjacent to an activating group) is 1. The molecule has 2 saturated heterocycles. The Kier molecular flexibility index (Phi) is 22.3. The number of carbonyl (C=O) groups excluding carboxylic acids is 2. The van der Waals surface area contributed by atoms with Crippen molar-refractivity contribution in [1.29, 1.82) is 0 Å². The van der Waals surface area contributed by atoms with E-state index in [4.69, 9.17) is 33.2 Å². The summed E-state index contributed by atoms with van der Waals surface area (Å²) in [6.07, 6.45) is 7.79. The van der Waals surface area contributed by atoms with Gasteiger partial charge in [0.15, 0.2) is 18.4 Å². The fraction of sp³-hybridized carbons (Fsp3) is 0.875. The molecule has 0 saturated carbocycles. The molecule has 0 bridgehead atoms. The second-order valence-corrected chi connectivity index (χ2v) is 18.4. The van der Waals surface area contributed by atoms with Crippen LogP contribution < -0.4 is 0 Å². The third kappa shape index (κ3) is 14.7. The van der Waals surface area contributed by atoms with Gasteiger partial charge in [-0.1, -0.05) is 99.3 Å². The predicted octanol–water partition coefficient (Wildman–Crippen LogP) is 8.55. The summed E-state index contributed by atoms with van der Waals surface area (Å²) in [4.78, 5) is 30.2. The molecule has 1 N–H and O–H groups in total. The van der Waals surface area contributed by atoms with E-state index in [-0.39, 0.29) is 96.7 Å². The van der Waals surface area contributed by atoms with Crippen molar-refractivity contribution in [1.82, 2.24) is 4.90 Å². The zero-order chi connectivity index (χ0) is 44.0. The minimum atomic E-state index is -0.573. The normalized spacial score (nSPS) is 41.0. The quantitative estimate of drug-likeness (QED) is 0.119. The van der Waals surface area contributed by atoms with Crippen LogP contribution in [0.1, 0.15) is 134 Å². The topological polar surface area (TPSA) is 122 Å². The molecule has 0 amide bonds. The highest BCUT2D eigenvalue weighted by Crippen LogP contribution is 2.38. The SMILES string of the molecule is CCCCO[C@H]1[C@H](N(C)C)[C@@H](C)[C@H](O[C@H]2[C@@H](CC)C[C@@H](C)C(=O)/C=C/C(C)=C/[C@H](CO[C@@H]3O[C@H](C)[C@@H](O)[C@@H](C)[C@H]3C)[C@@H](CC)OC(=O)C[C@@H](OCCCC)[C@@H]2C)O[C@@H]1C. The Morgan fingerprint density at radius 1 is 0.763 bits per heavy atom. The van der Waals surface area contributed by atoms with Crippen molar-refractivity contribution in [3.05, 3.63) is 23.8 Å². The zero-order valence-electron chi connectivity index (χ0n) is 39.4. The molecule has 0 unspecified atom stereocenters. The largest absolute Gasteiger partial charge is 0.462 e. The maximum atomic E-state index is 14.2. The lowest BCUT2D eigenvalue weighted by atomic mass is 9.79. The predicted molar refractivity (Wildman–Crippen MR) is 233 cm³/mol. The number of aliphatic hydroxyl groups excluding tert-OH is 1. The molecule has 0 aromatic heterocycles. The lowest BCUT2D eigenvalue weighted by molar-refractivity contribution is -0.293. The van der Waals surface area contributed by atoms with E-state index in [1.165, 1.54) is 0 Å². The van der Waals surface area contributed by atoms with Gasteiger partial charge in [0.1, 0.15) is 6.10 Å². The first-order valence-electron chi connectivity index (χ1n) is 23.2. The van der Waals surface area contributed by atoms with Gasteiger partial charge in [0.05, 0.1) is 49.7 Å². The van der Waals surface area contributed by atoms with E-state index in [0.29, 0.717) is 26.1 Å². The van der Waals surface area contributed by atoms with Gasteiger partial charge >= 0.3 is 5.97 Å². The molecule has 0 aromatic carbocycles. The number of esters is 1. The van der Waals surface area contributed by atoms with Gasteiger partial charge in [0, 0.05) is 48.8 Å². The molecule has 3 rings (SSSR count). The number of carbonyl (C=O) groups is 2. The molecule has 11 heteroatoms. The molecule has 0 aromatic rings. The highest BCUT2D eigenvalue weighted by molar-refractivity contribution is 5.91. The van der Waals surface area contributed by atoms with Gasteiger partial charge < -0.3 is 43.2 Å². The first kappa shape index (κ1) is 51.6. The number of unbranched alkanes of at least 4 members (excludes halogenated alkanes) is 2. The van der Waals surface area contributed by atoms with E-state index in [9.17, 15) is 14.7 Å². The third-order valence-corrected chi connectivity index (χ3v) is 13.5. The lowest BCUT2D eigenvalue weighted by Gasteiger charge is -2.49. The Labute approximate surface area is 358 Å². The Balaban J connectivity index is 2.01. The highest BCUT2D eigenvalue weighted by atomic mass is 16.7. The number of cyclic esters (lactones) is 1. The second kappa shape index (κ2) is 25.4. The summed E-state index contributed by atoms with van der Waals surface area (Å²) in [7, 11) is 4.18. The van der Waals surface area contributed by atoms with Crippen molar-refractivity contribution in [3.63, 3.8) is 0 Å². The van der Waals surface area contributed by atoms with Crippen molar-refractivity contribution in [2.45, 2.75) is 196 Å². The third-order valence-electron chi connectivity index (χ3n) is 13.5. The van der Waals surface area contributed by atoms with Crippen LogP contribution in [0.2, 0.25) is 0 Å². The van der Waals surface area contributed by atoms with Crippen LogP contribution in [0.4, 0.5) is 0 Å². The monoisotopic (exact) mass is 836 g/mol. The van der Waals surface area contributed by atoms with E-state index in [0.717, 1.165) is 37.7 Å². The molecule has 0 spiro atoms. The molecule has 0 radical (unpaired) electrons. The summed E-state index contributed by atoms with van der Waals surface area (Å²) in [6.45, 7) is 26.1. The number of nitrogens with zero attached hydrogens (tertiary/aromatic N) is 1. The van der Waals surface area contributed by atoms with E-state index in [2.05, 4.69) is 60.5 Å². The zero-order valence-corrected chi connectivity index (χ0v) is 39.4. The van der Waals surface area contributed by atoms with Gasteiger partial charge in [-0.2, -0.15) is 0 Å². The second-order valence-electron chi connectivity index (χ2n) is 18.4. The molecule has 342 valence electrons. The van der Waals surface area contributed by atoms with Crippen molar-refractivity contribution in [3.8, 4) is 0 Å². The van der Waals surface area contributed by atoms with E-state index in [1.54, 1.807) is 6.08 Å². The molecular weight excluding hydrogens is 751 g/mol. The molecule has 59 heavy (non-hydrogen) atoms. The van der Waals surface area contributed by atoms with Crippen LogP contribution in [0.15, 0.2) is 23.8 Å². The van der Waals surface area contributed by atoms with Crippen molar-refractivity contribution < 1.29 is 47.9 Å². The average Bonchev–Trinajstić information content (AvgIpc) is 3.20. The van der Waals surface area contributed by atoms with Gasteiger partial charge in [-0.25, -0.2) is 0 Å². The number of hydrogen-bond acceptors (Lipinski definition) is 11. The van der Waals surface area contributed by atoms with Crippen molar-refractivity contribution >= 4 is 11.8 Å². The van der Waals surface area contributed by atoms with Crippen LogP contribution in [-0.2, 0) is 42.7 Å². The molecule has 0 aliphatic carbocycles. The molecule has 2 fully saturated rings. The summed E-state index contributed by atoms with van der Waals surface area (Å²) < 4.78 is 46.0. The van der Waals surface area contributed by atoms with Crippen molar-refractivity contribution in [2.24, 2.45) is 41.4 Å². The highest BCUT2D eigenvalue weighted by Gasteiger charge is 2.47. The summed E-state index contributed by atoms with van der Waals surface area (Å²) in [5, 5.41) is 10.6. The van der Waals surface area contributed by atoms with Crippen LogP contribution in [-0.4, -0.2) is 117 Å². The van der Waals surface area contributed by atoms with Crippen LogP contribution in [0.25, 0.3) is 0 Å². The summed E-state index contributed by atoms with van der Waals surface area (Å²) in [5.41, 5.74) is 0.878. The Bertz CT molecular complexity index is 1310. The Morgan fingerprint density at radius 3 is 2.02 bits per heavy atom. The number of ether oxygens (including phenoxy) is 7. The first-order valence-corrected chi connectivity index (χ1v) is 23.2. The number of ketones is 1. The Hall–Kier alpha value is -1.70. The number of hydrogen-bond donors (Lipinski definition) is 1. The van der Waals surface area contributed by atoms with Gasteiger partial charge in [0.2, 0.25) is 0 Å². The molecule has 3 heterocycles. The fourth-order valence-electron chi connectivity index (χ4n) is 9.27. The van der Waals surface area contributed by atoms with Crippen LogP contribution in [0.5, 0.6) is 0 Å². The molecule has 3 aliphatic heterocycles. The summed E-state index contributed by atoms with van der Waals surface area (Å²) in [6, 6.07) is 0.0601. The number of allylic oxidation sites excluding steroid dienone is 3. The maximum Gasteiger partial charge on any atom is 0.308 e. The number of rotatable bonds is 16. The Morgan fingerprint density at radius 2 is 1.41 bits per heavy atom. The molecule has 17 atom stereocenters. The van der Waals surface area contributed by atoms with Crippen LogP contribution >= 0.6 is 0 Å². The number of aliphatic hydroxyl groups is 1. The minimum Gasteiger partial charge on any atom is -0.462 e. The summed E-state index contributed by atoms with van der Waals surface area (Å²) >= 11 is 0. The smallest absolute Gasteiger partial charge is 0.308 e. The van der Waals surface area contributed by atoms with Gasteiger partial charge in [0.25, 0.3) is 0 Å². The average molecular weight is 836 g/mol. The van der Waals surface area contributed by atoms with Gasteiger partial charge in [-0.05, 0) is 78.5 Å². The van der Waals surface area contributed by atoms with E-state index in [1.807, 2.05) is 53.7 Å². The van der Waals surface area contributed by atoms with Crippen LogP contribution in [0.3, 0.4) is 0 Å². The summed E-state index contributed by atoms with van der Waals surface area (Å²) in [5.74, 6) is -1.17. The van der Waals surface area contributed by atoms with Gasteiger partial charge in [-0.15, -0.1) is 0 Å². The molecule has 11 nitrogen and oxygen atoms in total. The van der Waals surface area contributed by atoms with Crippen LogP contribution in [0, 0.1) is 41.4 Å². The van der Waals surface area contributed by atoms with E-state index >= 15 is 0 Å². The standard InChI is InChI=1S/C48H85NO10/c1-15-19-23-53-41-27-42(51)58-40(18-4)38(28-55-47-32(8)31(7)44(52)35(11)56-47)25-29(5)21-22-39(50)30(6)26-37(17-3)45(33(41)9)59-48-34(10)43(49(13)14)46(36(12)57-48)54-24-20-16-2/h21-22,25,30-38,40-41,43-48,52H,15-20,23-24,26-28H2,1-14H3/b22-21+,29-25+/t30-,31+,32-,33+,34-,35-,36-,37+,38-,40-,41-,43-,44+,45-,46-,47-,48+/m1/s1. The fourth-order valence-corrected chi connectivity index (χ4v) is 9.27. The minimum absolute atomic E-state index is 0.00676.